The largest absolute Gasteiger partial charge is 0.457 e. The van der Waals surface area contributed by atoms with E-state index in [2.05, 4.69) is 24.3 Å². The first-order valence-corrected chi connectivity index (χ1v) is 8.03. The Hall–Kier alpha value is -2.87. The topological polar surface area (TPSA) is 26.3 Å². The first-order chi connectivity index (χ1) is 11.6. The second kappa shape index (κ2) is 7.14. The molecule has 24 heavy (non-hydrogen) atoms. The van der Waals surface area contributed by atoms with E-state index in [0.29, 0.717) is 5.56 Å². The molecule has 0 atom stereocenters. The van der Waals surface area contributed by atoms with E-state index in [1.807, 2.05) is 62.4 Å². The molecule has 0 radical (unpaired) electrons. The summed E-state index contributed by atoms with van der Waals surface area (Å²) in [5.74, 6) is -0.275. The van der Waals surface area contributed by atoms with Crippen LogP contribution in [0, 0.1) is 13.8 Å². The summed E-state index contributed by atoms with van der Waals surface area (Å²) >= 11 is 0. The summed E-state index contributed by atoms with van der Waals surface area (Å²) in [4.78, 5) is 12.3. The Morgan fingerprint density at radius 2 is 1.46 bits per heavy atom. The zero-order valence-electron chi connectivity index (χ0n) is 14.0. The maximum absolute atomic E-state index is 12.3. The molecule has 0 saturated carbocycles. The van der Waals surface area contributed by atoms with E-state index in [9.17, 15) is 4.79 Å². The van der Waals surface area contributed by atoms with Crippen molar-refractivity contribution in [1.29, 1.82) is 0 Å². The van der Waals surface area contributed by atoms with Crippen LogP contribution in [0.3, 0.4) is 0 Å². The molecule has 3 aromatic rings. The van der Waals surface area contributed by atoms with Gasteiger partial charge in [-0.05, 0) is 47.7 Å². The van der Waals surface area contributed by atoms with Gasteiger partial charge in [0.15, 0.2) is 0 Å². The van der Waals surface area contributed by atoms with Crippen molar-refractivity contribution in [3.05, 3.63) is 95.1 Å². The molecule has 0 heterocycles. The van der Waals surface area contributed by atoms with Crippen molar-refractivity contribution in [2.24, 2.45) is 0 Å². The predicted octanol–water partition coefficient (Wildman–Crippen LogP) is 5.33. The highest BCUT2D eigenvalue weighted by Gasteiger charge is 2.11. The molecule has 0 aliphatic rings. The Bertz CT molecular complexity index is 834. The summed E-state index contributed by atoms with van der Waals surface area (Å²) < 4.78 is 5.46. The van der Waals surface area contributed by atoms with Gasteiger partial charge in [-0.1, -0.05) is 66.7 Å². The molecule has 120 valence electrons. The second-order valence-corrected chi connectivity index (χ2v) is 5.89. The van der Waals surface area contributed by atoms with Gasteiger partial charge < -0.3 is 4.74 Å². The standard InChI is InChI=1S/C22H20O2/c1-16-7-6-10-21(17(16)2)22(23)24-15-18-11-13-20(14-12-18)19-8-4-3-5-9-19/h3-14H,15H2,1-2H3. The monoisotopic (exact) mass is 316 g/mol. The maximum Gasteiger partial charge on any atom is 0.338 e. The first-order valence-electron chi connectivity index (χ1n) is 8.03. The van der Waals surface area contributed by atoms with Crippen molar-refractivity contribution in [2.75, 3.05) is 0 Å². The lowest BCUT2D eigenvalue weighted by Gasteiger charge is -2.09. The number of hydrogen-bond acceptors (Lipinski definition) is 2. The lowest BCUT2D eigenvalue weighted by atomic mass is 10.0. The number of aryl methyl sites for hydroxylation is 1. The van der Waals surface area contributed by atoms with E-state index in [1.165, 1.54) is 5.56 Å². The number of rotatable bonds is 4. The van der Waals surface area contributed by atoms with E-state index >= 15 is 0 Å². The summed E-state index contributed by atoms with van der Waals surface area (Å²) in [6.07, 6.45) is 0. The van der Waals surface area contributed by atoms with Crippen molar-refractivity contribution in [3.63, 3.8) is 0 Å². The van der Waals surface area contributed by atoms with Crippen LogP contribution in [0.2, 0.25) is 0 Å². The van der Waals surface area contributed by atoms with Crippen LogP contribution in [0.25, 0.3) is 11.1 Å². The van der Waals surface area contributed by atoms with Crippen LogP contribution in [-0.4, -0.2) is 5.97 Å². The lowest BCUT2D eigenvalue weighted by Crippen LogP contribution is -2.07. The third kappa shape index (κ3) is 3.54. The Morgan fingerprint density at radius 1 is 0.792 bits per heavy atom. The third-order valence-corrected chi connectivity index (χ3v) is 4.26. The average Bonchev–Trinajstić information content (AvgIpc) is 2.63. The fourth-order valence-corrected chi connectivity index (χ4v) is 2.62. The number of benzene rings is 3. The number of ether oxygens (including phenoxy) is 1. The lowest BCUT2D eigenvalue weighted by molar-refractivity contribution is 0.0472. The van der Waals surface area contributed by atoms with Crippen LogP contribution in [0.5, 0.6) is 0 Å². The minimum atomic E-state index is -0.275. The van der Waals surface area contributed by atoms with Gasteiger partial charge in [0.2, 0.25) is 0 Å². The molecule has 0 bridgehead atoms. The average molecular weight is 316 g/mol. The zero-order valence-corrected chi connectivity index (χ0v) is 14.0. The minimum Gasteiger partial charge on any atom is -0.457 e. The quantitative estimate of drug-likeness (QED) is 0.608. The van der Waals surface area contributed by atoms with Crippen molar-refractivity contribution in [3.8, 4) is 11.1 Å². The van der Waals surface area contributed by atoms with Gasteiger partial charge in [-0.25, -0.2) is 4.79 Å². The number of esters is 1. The Balaban J connectivity index is 1.67. The molecule has 2 nitrogen and oxygen atoms in total. The predicted molar refractivity (Wildman–Crippen MR) is 96.9 cm³/mol. The van der Waals surface area contributed by atoms with Crippen molar-refractivity contribution < 1.29 is 9.53 Å². The van der Waals surface area contributed by atoms with Gasteiger partial charge in [0.05, 0.1) is 5.56 Å². The summed E-state index contributed by atoms with van der Waals surface area (Å²) in [6, 6.07) is 24.0. The molecule has 0 unspecified atom stereocenters. The van der Waals surface area contributed by atoms with Crippen molar-refractivity contribution in [1.82, 2.24) is 0 Å². The van der Waals surface area contributed by atoms with Crippen LogP contribution < -0.4 is 0 Å². The molecule has 0 spiro atoms. The second-order valence-electron chi connectivity index (χ2n) is 5.89. The fourth-order valence-electron chi connectivity index (χ4n) is 2.62. The smallest absolute Gasteiger partial charge is 0.338 e. The van der Waals surface area contributed by atoms with Gasteiger partial charge >= 0.3 is 5.97 Å². The molecule has 2 heteroatoms. The molecule has 0 aliphatic heterocycles. The Labute approximate surface area is 142 Å². The van der Waals surface area contributed by atoms with Gasteiger partial charge in [-0.3, -0.25) is 0 Å². The van der Waals surface area contributed by atoms with Crippen LogP contribution in [0.1, 0.15) is 27.0 Å². The Kier molecular flexibility index (Phi) is 4.76. The van der Waals surface area contributed by atoms with E-state index in [0.717, 1.165) is 22.3 Å². The molecule has 3 rings (SSSR count). The van der Waals surface area contributed by atoms with Crippen LogP contribution in [0.15, 0.2) is 72.8 Å². The SMILES string of the molecule is Cc1cccc(C(=O)OCc2ccc(-c3ccccc3)cc2)c1C. The van der Waals surface area contributed by atoms with Crippen LogP contribution in [-0.2, 0) is 11.3 Å². The van der Waals surface area contributed by atoms with Gasteiger partial charge in [0.1, 0.15) is 6.61 Å². The molecule has 0 fully saturated rings. The molecular weight excluding hydrogens is 296 g/mol. The number of hydrogen-bond donors (Lipinski definition) is 0. The maximum atomic E-state index is 12.3. The summed E-state index contributed by atoms with van der Waals surface area (Å²) in [5.41, 5.74) is 6.01. The molecule has 0 aliphatic carbocycles. The van der Waals surface area contributed by atoms with Gasteiger partial charge in [-0.15, -0.1) is 0 Å². The van der Waals surface area contributed by atoms with E-state index < -0.39 is 0 Å². The number of carbonyl (C=O) groups is 1. The van der Waals surface area contributed by atoms with E-state index in [1.54, 1.807) is 0 Å². The molecule has 0 amide bonds. The molecule has 0 aromatic heterocycles. The van der Waals surface area contributed by atoms with Crippen LogP contribution in [0.4, 0.5) is 0 Å². The highest BCUT2D eigenvalue weighted by molar-refractivity contribution is 5.91. The van der Waals surface area contributed by atoms with E-state index in [-0.39, 0.29) is 12.6 Å². The first kappa shape index (κ1) is 16.0. The van der Waals surface area contributed by atoms with Crippen molar-refractivity contribution in [2.45, 2.75) is 20.5 Å². The summed E-state index contributed by atoms with van der Waals surface area (Å²) in [7, 11) is 0. The third-order valence-electron chi connectivity index (χ3n) is 4.26. The highest BCUT2D eigenvalue weighted by Crippen LogP contribution is 2.20. The van der Waals surface area contributed by atoms with Crippen LogP contribution >= 0.6 is 0 Å². The molecule has 0 N–H and O–H groups in total. The fraction of sp³-hybridized carbons (Fsp3) is 0.136. The van der Waals surface area contributed by atoms with Gasteiger partial charge in [-0.2, -0.15) is 0 Å². The van der Waals surface area contributed by atoms with Crippen molar-refractivity contribution >= 4 is 5.97 Å². The Morgan fingerprint density at radius 3 is 2.17 bits per heavy atom. The zero-order chi connectivity index (χ0) is 16.9. The van der Waals surface area contributed by atoms with Gasteiger partial charge in [0, 0.05) is 0 Å². The van der Waals surface area contributed by atoms with E-state index in [4.69, 9.17) is 4.74 Å². The summed E-state index contributed by atoms with van der Waals surface area (Å²) in [6.45, 7) is 4.22. The minimum absolute atomic E-state index is 0.275. The highest BCUT2D eigenvalue weighted by atomic mass is 16.5. The molecule has 0 saturated heterocycles. The van der Waals surface area contributed by atoms with Gasteiger partial charge in [0.25, 0.3) is 0 Å². The molecular formula is C22H20O2. The summed E-state index contributed by atoms with van der Waals surface area (Å²) in [5, 5.41) is 0. The number of carbonyl (C=O) groups excluding carboxylic acids is 1. The molecule has 3 aromatic carbocycles. The normalized spacial score (nSPS) is 10.4.